The summed E-state index contributed by atoms with van der Waals surface area (Å²) in [7, 11) is -0.543. The molecule has 0 spiro atoms. The summed E-state index contributed by atoms with van der Waals surface area (Å²) in [4.78, 5) is 5.26. The summed E-state index contributed by atoms with van der Waals surface area (Å²) in [5.41, 5.74) is 21.2. The SMILES string of the molecule is C=Cc1ccc(C2CC=C3C(C2)C2=C(CCC(c4ccc(N(C5=CCCCC5)c5ccc6c(c5)C(CCC[Si](C)CCOC5=CCC(C=C)CC5)(C5C=CCCC5)c5ccccc5-6)cc4)=C2)N3c2ccccc2)cc1. The van der Waals surface area contributed by atoms with E-state index in [1.54, 1.807) is 11.1 Å². The fourth-order valence-electron chi connectivity index (χ4n) is 14.4. The zero-order valence-electron chi connectivity index (χ0n) is 44.6. The summed E-state index contributed by atoms with van der Waals surface area (Å²) in [5, 5.41) is 0. The van der Waals surface area contributed by atoms with Crippen LogP contribution in [0.5, 0.6) is 0 Å². The van der Waals surface area contributed by atoms with Crippen LogP contribution < -0.4 is 9.80 Å². The Kier molecular flexibility index (Phi) is 14.6. The monoisotopic (exact) mass is 1000 g/mol. The number of fused-ring (bicyclic) bond motifs is 5. The van der Waals surface area contributed by atoms with Crippen LogP contribution in [0.4, 0.5) is 17.1 Å². The van der Waals surface area contributed by atoms with E-state index in [9.17, 15) is 0 Å². The number of anilines is 3. The minimum atomic E-state index is -0.543. The first-order chi connectivity index (χ1) is 37.0. The van der Waals surface area contributed by atoms with Gasteiger partial charge in [-0.3, -0.25) is 0 Å². The minimum Gasteiger partial charge on any atom is -0.499 e. The molecular formula is C71H77N2OSi. The van der Waals surface area contributed by atoms with Gasteiger partial charge in [-0.25, -0.2) is 0 Å². The minimum absolute atomic E-state index is 0.0521. The molecule has 0 bridgehead atoms. The molecule has 0 saturated heterocycles. The Morgan fingerprint density at radius 3 is 2.35 bits per heavy atom. The molecule has 381 valence electrons. The molecule has 5 aromatic rings. The molecular weight excluding hydrogens is 925 g/mol. The Labute approximate surface area is 451 Å². The number of ether oxygens (including phenoxy) is 1. The van der Waals surface area contributed by atoms with Crippen molar-refractivity contribution in [3.8, 4) is 11.1 Å². The maximum Gasteiger partial charge on any atom is 0.0920 e. The van der Waals surface area contributed by atoms with Crippen molar-refractivity contribution in [2.75, 3.05) is 16.4 Å². The highest BCUT2D eigenvalue weighted by atomic mass is 28.3. The molecule has 0 N–H and O–H groups in total. The third kappa shape index (κ3) is 9.78. The van der Waals surface area contributed by atoms with Gasteiger partial charge in [0, 0.05) is 60.7 Å². The topological polar surface area (TPSA) is 15.7 Å². The summed E-state index contributed by atoms with van der Waals surface area (Å²) in [5.74, 6) is 3.17. The van der Waals surface area contributed by atoms with Crippen molar-refractivity contribution in [1.29, 1.82) is 0 Å². The number of hydrogen-bond acceptors (Lipinski definition) is 3. The van der Waals surface area contributed by atoms with Gasteiger partial charge in [0.05, 0.1) is 12.4 Å². The molecule has 1 radical (unpaired) electrons. The molecule has 12 rings (SSSR count). The molecule has 75 heavy (non-hydrogen) atoms. The number of nitrogens with zero attached hydrogens (tertiary/aromatic N) is 2. The lowest BCUT2D eigenvalue weighted by atomic mass is 9.63. The Hall–Kier alpha value is -6.36. The fourth-order valence-corrected chi connectivity index (χ4v) is 15.9. The second kappa shape index (κ2) is 22.1. The van der Waals surface area contributed by atoms with Crippen LogP contribution in [-0.4, -0.2) is 15.4 Å². The van der Waals surface area contributed by atoms with Gasteiger partial charge in [-0.1, -0.05) is 153 Å². The van der Waals surface area contributed by atoms with Crippen LogP contribution in [0.1, 0.15) is 136 Å². The predicted octanol–water partition coefficient (Wildman–Crippen LogP) is 19.4. The molecule has 5 atom stereocenters. The van der Waals surface area contributed by atoms with E-state index in [0.717, 1.165) is 58.0 Å². The summed E-state index contributed by atoms with van der Waals surface area (Å²) >= 11 is 0. The summed E-state index contributed by atoms with van der Waals surface area (Å²) in [6.45, 7) is 11.4. The lowest BCUT2D eigenvalue weighted by Gasteiger charge is -2.41. The van der Waals surface area contributed by atoms with Gasteiger partial charge in [0.2, 0.25) is 0 Å². The first-order valence-corrected chi connectivity index (χ1v) is 31.4. The highest BCUT2D eigenvalue weighted by Crippen LogP contribution is 2.59. The smallest absolute Gasteiger partial charge is 0.0920 e. The molecule has 0 amide bonds. The second-order valence-electron chi connectivity index (χ2n) is 22.8. The molecule has 3 nitrogen and oxygen atoms in total. The molecule has 6 aliphatic carbocycles. The number of hydrogen-bond donors (Lipinski definition) is 0. The van der Waals surface area contributed by atoms with E-state index in [0.29, 0.717) is 23.7 Å². The number of para-hydroxylation sites is 1. The molecule has 7 aliphatic rings. The molecule has 1 heterocycles. The molecule has 0 saturated carbocycles. The van der Waals surface area contributed by atoms with Crippen molar-refractivity contribution in [3.05, 3.63) is 233 Å². The van der Waals surface area contributed by atoms with Gasteiger partial charge >= 0.3 is 0 Å². The number of benzene rings is 5. The Bertz CT molecular complexity index is 3090. The first-order valence-electron chi connectivity index (χ1n) is 29.0. The van der Waals surface area contributed by atoms with Gasteiger partial charge in [0.1, 0.15) is 0 Å². The third-order valence-corrected chi connectivity index (χ3v) is 20.7. The van der Waals surface area contributed by atoms with Crippen LogP contribution in [0.2, 0.25) is 18.6 Å². The van der Waals surface area contributed by atoms with Crippen LogP contribution in [0.25, 0.3) is 22.8 Å². The number of allylic oxidation sites excluding steroid dienone is 12. The molecule has 5 unspecified atom stereocenters. The Balaban J connectivity index is 0.845. The lowest BCUT2D eigenvalue weighted by Crippen LogP contribution is -2.35. The third-order valence-electron chi connectivity index (χ3n) is 18.5. The van der Waals surface area contributed by atoms with E-state index in [4.69, 9.17) is 4.74 Å². The van der Waals surface area contributed by atoms with Crippen LogP contribution in [0.15, 0.2) is 205 Å². The van der Waals surface area contributed by atoms with Crippen LogP contribution in [-0.2, 0) is 10.2 Å². The normalized spacial score (nSPS) is 23.8. The highest BCUT2D eigenvalue weighted by molar-refractivity contribution is 6.57. The standard InChI is InChI=1S/C71H77N2OSi/c1-4-51-26-30-53(31-27-51)55-34-42-69-65(48-55)66-49-56(35-43-70(66)73(69)59-22-13-8-14-23-59)54-32-36-60(37-33-54)72(58-20-11-7-12-21-58)61-38-41-64-63-24-15-16-25-67(63)71(68(64)50-61,57-18-9-6-10-19-57)44-17-46-75(3)47-45-74-62-39-28-52(5-2)29-40-62/h4-5,8-9,13-16,18,20,22-27,30-33,36-39,41-42,49-50,52,55,57,65H,1-2,6-7,10-12,17,19,21,28-29,34-35,40,43-48H2,3H3. The second-order valence-corrected chi connectivity index (χ2v) is 25.8. The van der Waals surface area contributed by atoms with E-state index in [1.807, 2.05) is 6.08 Å². The fraction of sp³-hybridized carbons (Fsp3) is 0.352. The average Bonchev–Trinajstić information content (AvgIpc) is 4.01. The number of rotatable bonds is 17. The van der Waals surface area contributed by atoms with Gasteiger partial charge in [-0.15, -0.1) is 6.58 Å². The van der Waals surface area contributed by atoms with Crippen LogP contribution in [0, 0.1) is 17.8 Å². The molecule has 1 aliphatic heterocycles. The Morgan fingerprint density at radius 1 is 0.747 bits per heavy atom. The quantitative estimate of drug-likeness (QED) is 0.0682. The van der Waals surface area contributed by atoms with E-state index in [2.05, 4.69) is 193 Å². The zero-order chi connectivity index (χ0) is 50.7. The van der Waals surface area contributed by atoms with Crippen molar-refractivity contribution < 1.29 is 4.74 Å². The summed E-state index contributed by atoms with van der Waals surface area (Å²) < 4.78 is 6.39. The van der Waals surface area contributed by atoms with Gasteiger partial charge in [0.25, 0.3) is 0 Å². The molecule has 4 heteroatoms. The van der Waals surface area contributed by atoms with Crippen molar-refractivity contribution in [2.24, 2.45) is 17.8 Å². The van der Waals surface area contributed by atoms with Crippen molar-refractivity contribution in [3.63, 3.8) is 0 Å². The first kappa shape index (κ1) is 49.5. The maximum absolute atomic E-state index is 6.39. The molecule has 0 aromatic heterocycles. The van der Waals surface area contributed by atoms with Gasteiger partial charge in [-0.2, -0.15) is 0 Å². The summed E-state index contributed by atoms with van der Waals surface area (Å²) in [6.07, 6.45) is 37.7. The van der Waals surface area contributed by atoms with Crippen molar-refractivity contribution in [2.45, 2.75) is 133 Å². The van der Waals surface area contributed by atoms with Crippen LogP contribution in [0.3, 0.4) is 0 Å². The van der Waals surface area contributed by atoms with Gasteiger partial charge in [0.15, 0.2) is 0 Å². The van der Waals surface area contributed by atoms with Crippen molar-refractivity contribution >= 4 is 37.5 Å². The van der Waals surface area contributed by atoms with E-state index < -0.39 is 8.80 Å². The predicted molar refractivity (Wildman–Crippen MR) is 320 cm³/mol. The van der Waals surface area contributed by atoms with E-state index in [1.165, 1.54) is 142 Å². The molecule has 5 aromatic carbocycles. The van der Waals surface area contributed by atoms with Gasteiger partial charge < -0.3 is 14.5 Å². The molecule has 0 fully saturated rings. The average molecular weight is 1000 g/mol. The van der Waals surface area contributed by atoms with E-state index >= 15 is 0 Å². The highest BCUT2D eigenvalue weighted by Gasteiger charge is 2.48. The van der Waals surface area contributed by atoms with Gasteiger partial charge in [-0.05, 0) is 206 Å². The zero-order valence-corrected chi connectivity index (χ0v) is 45.6. The largest absolute Gasteiger partial charge is 0.499 e. The van der Waals surface area contributed by atoms with Crippen molar-refractivity contribution in [1.82, 2.24) is 0 Å². The maximum atomic E-state index is 6.39. The summed E-state index contributed by atoms with van der Waals surface area (Å²) in [6, 6.07) is 49.6. The lowest BCUT2D eigenvalue weighted by molar-refractivity contribution is 0.206. The van der Waals surface area contributed by atoms with E-state index in [-0.39, 0.29) is 5.41 Å². The van der Waals surface area contributed by atoms with Crippen LogP contribution >= 0.6 is 0 Å². The Morgan fingerprint density at radius 2 is 1.57 bits per heavy atom.